The number of nitrogens with two attached hydrogens (primary N) is 1. The van der Waals surface area contributed by atoms with Crippen LogP contribution in [0.4, 0.5) is 5.69 Å². The van der Waals surface area contributed by atoms with Gasteiger partial charge in [0.05, 0.1) is 0 Å². The molecule has 0 spiro atoms. The first-order chi connectivity index (χ1) is 7.58. The third-order valence-corrected chi connectivity index (χ3v) is 3.08. The molecule has 0 saturated heterocycles. The predicted molar refractivity (Wildman–Crippen MR) is 74.6 cm³/mol. The second-order valence-electron chi connectivity index (χ2n) is 3.41. The lowest BCUT2D eigenvalue weighted by Gasteiger charge is -2.13. The lowest BCUT2D eigenvalue weighted by molar-refractivity contribution is -0.125. The summed E-state index contributed by atoms with van der Waals surface area (Å²) in [6.07, 6.45) is -0.611. The maximum Gasteiger partial charge on any atom is 0.254 e. The number of rotatable bonds is 4. The molecule has 96 valence electrons. The number of anilines is 1. The zero-order valence-corrected chi connectivity index (χ0v) is 12.1. The quantitative estimate of drug-likeness (QED) is 0.892. The lowest BCUT2D eigenvalue weighted by Crippen LogP contribution is -2.35. The van der Waals surface area contributed by atoms with E-state index in [1.165, 1.54) is 7.11 Å². The van der Waals surface area contributed by atoms with E-state index >= 15 is 0 Å². The minimum absolute atomic E-state index is 0. The van der Waals surface area contributed by atoms with Gasteiger partial charge in [-0.3, -0.25) is 4.79 Å². The Morgan fingerprint density at radius 3 is 2.71 bits per heavy atom. The highest BCUT2D eigenvalue weighted by Gasteiger charge is 2.15. The summed E-state index contributed by atoms with van der Waals surface area (Å²) in [6, 6.07) is 5.60. The third-order valence-electron chi connectivity index (χ3n) is 2.23. The molecule has 0 aliphatic rings. The lowest BCUT2D eigenvalue weighted by atomic mass is 10.2. The maximum absolute atomic E-state index is 11.6. The van der Waals surface area contributed by atoms with Gasteiger partial charge in [0.1, 0.15) is 6.10 Å². The van der Waals surface area contributed by atoms with Crippen LogP contribution in [0.1, 0.15) is 5.56 Å². The van der Waals surface area contributed by atoms with Gasteiger partial charge in [0.15, 0.2) is 0 Å². The minimum Gasteiger partial charge on any atom is -0.370 e. The molecule has 1 rings (SSSR count). The van der Waals surface area contributed by atoms with Crippen molar-refractivity contribution >= 4 is 39.9 Å². The number of nitrogens with one attached hydrogen (secondary N) is 1. The molecule has 0 aliphatic heterocycles. The van der Waals surface area contributed by atoms with Gasteiger partial charge >= 0.3 is 0 Å². The van der Waals surface area contributed by atoms with Crippen molar-refractivity contribution in [1.82, 2.24) is 0 Å². The average molecular weight is 324 g/mol. The van der Waals surface area contributed by atoms with Crippen LogP contribution in [0.25, 0.3) is 0 Å². The molecular weight excluding hydrogens is 307 g/mol. The van der Waals surface area contributed by atoms with Crippen molar-refractivity contribution < 1.29 is 9.53 Å². The van der Waals surface area contributed by atoms with Crippen LogP contribution in [-0.2, 0) is 9.53 Å². The van der Waals surface area contributed by atoms with Gasteiger partial charge in [-0.25, -0.2) is 0 Å². The van der Waals surface area contributed by atoms with E-state index in [2.05, 4.69) is 21.2 Å². The topological polar surface area (TPSA) is 64.3 Å². The monoisotopic (exact) mass is 322 g/mol. The number of methoxy groups -OCH3 is 1. The molecule has 17 heavy (non-hydrogen) atoms. The SMILES string of the molecule is COC(CN)C(=O)Nc1ccc(C)c(Br)c1.Cl. The molecule has 0 fully saturated rings. The van der Waals surface area contributed by atoms with Crippen LogP contribution in [0.2, 0.25) is 0 Å². The van der Waals surface area contributed by atoms with Crippen LogP contribution < -0.4 is 11.1 Å². The van der Waals surface area contributed by atoms with Crippen molar-refractivity contribution in [3.63, 3.8) is 0 Å². The summed E-state index contributed by atoms with van der Waals surface area (Å²) < 4.78 is 5.89. The van der Waals surface area contributed by atoms with E-state index in [1.54, 1.807) is 0 Å². The van der Waals surface area contributed by atoms with E-state index in [0.717, 1.165) is 15.7 Å². The van der Waals surface area contributed by atoms with Crippen LogP contribution in [0.5, 0.6) is 0 Å². The summed E-state index contributed by atoms with van der Waals surface area (Å²) in [5, 5.41) is 2.74. The molecule has 0 aromatic heterocycles. The average Bonchev–Trinajstić information content (AvgIpc) is 2.25. The van der Waals surface area contributed by atoms with Crippen LogP contribution in [-0.4, -0.2) is 25.7 Å². The molecule has 0 saturated carbocycles. The fourth-order valence-corrected chi connectivity index (χ4v) is 1.58. The smallest absolute Gasteiger partial charge is 0.254 e. The molecule has 0 radical (unpaired) electrons. The van der Waals surface area contributed by atoms with Gasteiger partial charge in [-0.2, -0.15) is 0 Å². The zero-order chi connectivity index (χ0) is 12.1. The van der Waals surface area contributed by atoms with Crippen molar-refractivity contribution in [3.8, 4) is 0 Å². The fraction of sp³-hybridized carbons (Fsp3) is 0.364. The second-order valence-corrected chi connectivity index (χ2v) is 4.27. The van der Waals surface area contributed by atoms with Crippen molar-refractivity contribution in [1.29, 1.82) is 0 Å². The molecule has 4 nitrogen and oxygen atoms in total. The van der Waals surface area contributed by atoms with Crippen molar-refractivity contribution in [2.24, 2.45) is 5.73 Å². The normalized spacial score (nSPS) is 11.5. The summed E-state index contributed by atoms with van der Waals surface area (Å²) in [6.45, 7) is 2.14. The Balaban J connectivity index is 0.00000256. The third kappa shape index (κ3) is 4.63. The molecule has 0 bridgehead atoms. The van der Waals surface area contributed by atoms with E-state index in [4.69, 9.17) is 10.5 Å². The Morgan fingerprint density at radius 2 is 2.24 bits per heavy atom. The molecule has 3 N–H and O–H groups in total. The number of hydrogen-bond acceptors (Lipinski definition) is 3. The van der Waals surface area contributed by atoms with Gasteiger partial charge in [0.2, 0.25) is 0 Å². The van der Waals surface area contributed by atoms with Gasteiger partial charge in [-0.1, -0.05) is 22.0 Å². The number of amides is 1. The van der Waals surface area contributed by atoms with Crippen LogP contribution in [0, 0.1) is 6.92 Å². The minimum atomic E-state index is -0.611. The standard InChI is InChI=1S/C11H15BrN2O2.ClH/c1-7-3-4-8(5-9(7)12)14-11(15)10(6-13)16-2;/h3-5,10H,6,13H2,1-2H3,(H,14,15);1H. The predicted octanol–water partition coefficient (Wildman–Crippen LogP) is 2.09. The van der Waals surface area contributed by atoms with Crippen molar-refractivity contribution in [3.05, 3.63) is 28.2 Å². The number of halogens is 2. The highest BCUT2D eigenvalue weighted by molar-refractivity contribution is 9.10. The van der Waals surface area contributed by atoms with Crippen LogP contribution >= 0.6 is 28.3 Å². The van der Waals surface area contributed by atoms with E-state index < -0.39 is 6.10 Å². The Kier molecular flexibility index (Phi) is 7.38. The Hall–Kier alpha value is -0.620. The zero-order valence-electron chi connectivity index (χ0n) is 9.70. The highest BCUT2D eigenvalue weighted by atomic mass is 79.9. The molecule has 0 heterocycles. The fourth-order valence-electron chi connectivity index (χ4n) is 1.20. The molecule has 1 aromatic rings. The van der Waals surface area contributed by atoms with E-state index in [9.17, 15) is 4.79 Å². The van der Waals surface area contributed by atoms with E-state index in [1.807, 2.05) is 25.1 Å². The number of benzene rings is 1. The van der Waals surface area contributed by atoms with Crippen molar-refractivity contribution in [2.75, 3.05) is 19.0 Å². The maximum atomic E-state index is 11.6. The first-order valence-electron chi connectivity index (χ1n) is 4.88. The molecule has 0 aliphatic carbocycles. The number of carbonyl (C=O) groups is 1. The highest BCUT2D eigenvalue weighted by Crippen LogP contribution is 2.20. The molecule has 1 amide bonds. The molecular formula is C11H16BrClN2O2. The van der Waals surface area contributed by atoms with E-state index in [-0.39, 0.29) is 24.9 Å². The molecule has 1 atom stereocenters. The molecule has 1 unspecified atom stereocenters. The Labute approximate surface area is 115 Å². The van der Waals surface area contributed by atoms with Gasteiger partial charge in [0.25, 0.3) is 5.91 Å². The summed E-state index contributed by atoms with van der Waals surface area (Å²) >= 11 is 3.40. The van der Waals surface area contributed by atoms with Gasteiger partial charge < -0.3 is 15.8 Å². The summed E-state index contributed by atoms with van der Waals surface area (Å²) in [7, 11) is 1.46. The number of aryl methyl sites for hydroxylation is 1. The number of hydrogen-bond donors (Lipinski definition) is 2. The Bertz CT molecular complexity index is 384. The summed E-state index contributed by atoms with van der Waals surface area (Å²) in [4.78, 5) is 11.6. The summed E-state index contributed by atoms with van der Waals surface area (Å²) in [5.41, 5.74) is 7.23. The van der Waals surface area contributed by atoms with Gasteiger partial charge in [-0.15, -0.1) is 12.4 Å². The van der Waals surface area contributed by atoms with Crippen LogP contribution in [0.3, 0.4) is 0 Å². The second kappa shape index (κ2) is 7.66. The summed E-state index contributed by atoms with van der Waals surface area (Å²) in [5.74, 6) is -0.235. The van der Waals surface area contributed by atoms with E-state index in [0.29, 0.717) is 0 Å². The molecule has 6 heteroatoms. The number of carbonyl (C=O) groups excluding carboxylic acids is 1. The van der Waals surface area contributed by atoms with Gasteiger partial charge in [0, 0.05) is 23.8 Å². The first-order valence-corrected chi connectivity index (χ1v) is 5.67. The van der Waals surface area contributed by atoms with Crippen LogP contribution in [0.15, 0.2) is 22.7 Å². The first kappa shape index (κ1) is 16.4. The molecule has 1 aromatic carbocycles. The Morgan fingerprint density at radius 1 is 1.59 bits per heavy atom. The van der Waals surface area contributed by atoms with Crippen molar-refractivity contribution in [2.45, 2.75) is 13.0 Å². The largest absolute Gasteiger partial charge is 0.370 e. The van der Waals surface area contributed by atoms with Gasteiger partial charge in [-0.05, 0) is 24.6 Å². The number of ether oxygens (including phenoxy) is 1.